The molecule has 3 rings (SSSR count). The van der Waals surface area contributed by atoms with Crippen molar-refractivity contribution in [3.05, 3.63) is 0 Å². The van der Waals surface area contributed by atoms with E-state index in [0.29, 0.717) is 17.6 Å². The highest BCUT2D eigenvalue weighted by Crippen LogP contribution is 2.50. The zero-order valence-electron chi connectivity index (χ0n) is 13.9. The maximum Gasteiger partial charge on any atom is 0.0672 e. The Morgan fingerprint density at radius 1 is 1.14 bits per heavy atom. The van der Waals surface area contributed by atoms with E-state index >= 15 is 0 Å². The first-order chi connectivity index (χ1) is 10.2. The summed E-state index contributed by atoms with van der Waals surface area (Å²) >= 11 is 0. The van der Waals surface area contributed by atoms with Gasteiger partial charge >= 0.3 is 0 Å². The van der Waals surface area contributed by atoms with E-state index in [2.05, 4.69) is 19.2 Å². The van der Waals surface area contributed by atoms with Gasteiger partial charge in [0.1, 0.15) is 0 Å². The van der Waals surface area contributed by atoms with E-state index in [1.807, 2.05) is 0 Å². The number of ether oxygens (including phenoxy) is 2. The van der Waals surface area contributed by atoms with Crippen molar-refractivity contribution >= 4 is 0 Å². The van der Waals surface area contributed by atoms with Crippen LogP contribution in [0.4, 0.5) is 0 Å². The van der Waals surface area contributed by atoms with E-state index in [1.165, 1.54) is 44.9 Å². The van der Waals surface area contributed by atoms with Crippen molar-refractivity contribution in [1.29, 1.82) is 0 Å². The second-order valence-corrected chi connectivity index (χ2v) is 7.94. The third kappa shape index (κ3) is 4.00. The van der Waals surface area contributed by atoms with Gasteiger partial charge in [-0.05, 0) is 63.3 Å². The van der Waals surface area contributed by atoms with Gasteiger partial charge in [0.05, 0.1) is 12.2 Å². The van der Waals surface area contributed by atoms with E-state index in [-0.39, 0.29) is 0 Å². The molecule has 0 radical (unpaired) electrons. The Morgan fingerprint density at radius 2 is 2.00 bits per heavy atom. The van der Waals surface area contributed by atoms with Crippen LogP contribution in [0, 0.1) is 17.3 Å². The van der Waals surface area contributed by atoms with Gasteiger partial charge in [-0.15, -0.1) is 0 Å². The van der Waals surface area contributed by atoms with Crippen LogP contribution in [0.3, 0.4) is 0 Å². The van der Waals surface area contributed by atoms with Gasteiger partial charge in [0.25, 0.3) is 0 Å². The predicted octanol–water partition coefficient (Wildman–Crippen LogP) is 3.38. The molecule has 2 saturated heterocycles. The van der Waals surface area contributed by atoms with Crippen molar-refractivity contribution in [3.63, 3.8) is 0 Å². The fourth-order valence-electron chi connectivity index (χ4n) is 4.22. The summed E-state index contributed by atoms with van der Waals surface area (Å²) in [7, 11) is 0. The van der Waals surface area contributed by atoms with Crippen molar-refractivity contribution in [2.24, 2.45) is 17.3 Å². The fraction of sp³-hybridized carbons (Fsp3) is 1.00. The van der Waals surface area contributed by atoms with E-state index in [9.17, 15) is 0 Å². The van der Waals surface area contributed by atoms with Crippen molar-refractivity contribution < 1.29 is 9.47 Å². The van der Waals surface area contributed by atoms with E-state index in [1.54, 1.807) is 0 Å². The van der Waals surface area contributed by atoms with Crippen molar-refractivity contribution in [2.75, 3.05) is 26.3 Å². The SMILES string of the molecule is CC(C)CNCC1(CCC2CCCO2)CCOC1C1CC1. The van der Waals surface area contributed by atoms with Crippen LogP contribution in [-0.2, 0) is 9.47 Å². The Hall–Kier alpha value is -0.120. The minimum atomic E-state index is 0.377. The lowest BCUT2D eigenvalue weighted by Crippen LogP contribution is -2.43. The summed E-state index contributed by atoms with van der Waals surface area (Å²) in [5, 5.41) is 3.73. The summed E-state index contributed by atoms with van der Waals surface area (Å²) in [6.07, 6.45) is 10.1. The molecule has 3 aliphatic rings. The van der Waals surface area contributed by atoms with E-state index < -0.39 is 0 Å². The molecule has 122 valence electrons. The standard InChI is InChI=1S/C18H33NO2/c1-14(2)12-19-13-18(8-7-16-4-3-10-20-16)9-11-21-17(18)15-5-6-15/h14-17,19H,3-13H2,1-2H3. The van der Waals surface area contributed by atoms with Gasteiger partial charge in [-0.2, -0.15) is 0 Å². The maximum absolute atomic E-state index is 6.18. The fourth-order valence-corrected chi connectivity index (χ4v) is 4.22. The molecule has 21 heavy (non-hydrogen) atoms. The van der Waals surface area contributed by atoms with Gasteiger partial charge in [0, 0.05) is 25.2 Å². The predicted molar refractivity (Wildman–Crippen MR) is 85.4 cm³/mol. The van der Waals surface area contributed by atoms with Crippen LogP contribution in [0.1, 0.15) is 58.8 Å². The highest BCUT2D eigenvalue weighted by atomic mass is 16.5. The third-order valence-electron chi connectivity index (χ3n) is 5.57. The molecule has 1 N–H and O–H groups in total. The molecular weight excluding hydrogens is 262 g/mol. The lowest BCUT2D eigenvalue weighted by atomic mass is 9.74. The molecular formula is C18H33NO2. The molecule has 3 atom stereocenters. The Labute approximate surface area is 130 Å². The van der Waals surface area contributed by atoms with Crippen molar-refractivity contribution in [3.8, 4) is 0 Å². The summed E-state index contributed by atoms with van der Waals surface area (Å²) < 4.78 is 12.0. The lowest BCUT2D eigenvalue weighted by molar-refractivity contribution is 0.0152. The molecule has 1 saturated carbocycles. The van der Waals surface area contributed by atoms with Crippen LogP contribution in [0.2, 0.25) is 0 Å². The third-order valence-corrected chi connectivity index (χ3v) is 5.57. The second kappa shape index (κ2) is 6.97. The molecule has 0 bridgehead atoms. The molecule has 3 heteroatoms. The van der Waals surface area contributed by atoms with Gasteiger partial charge < -0.3 is 14.8 Å². The minimum absolute atomic E-state index is 0.377. The zero-order valence-corrected chi connectivity index (χ0v) is 13.9. The maximum atomic E-state index is 6.18. The number of hydrogen-bond acceptors (Lipinski definition) is 3. The Morgan fingerprint density at radius 3 is 2.67 bits per heavy atom. The highest BCUT2D eigenvalue weighted by Gasteiger charge is 2.50. The molecule has 0 aromatic heterocycles. The van der Waals surface area contributed by atoms with Crippen LogP contribution < -0.4 is 5.32 Å². The molecule has 3 nitrogen and oxygen atoms in total. The van der Waals surface area contributed by atoms with Crippen molar-refractivity contribution in [2.45, 2.75) is 71.0 Å². The first kappa shape index (κ1) is 15.8. The normalized spacial score (nSPS) is 36.7. The van der Waals surface area contributed by atoms with Crippen LogP contribution in [-0.4, -0.2) is 38.5 Å². The summed E-state index contributed by atoms with van der Waals surface area (Å²) in [6, 6.07) is 0. The molecule has 2 heterocycles. The quantitative estimate of drug-likeness (QED) is 0.744. The Bertz CT molecular complexity index is 323. The second-order valence-electron chi connectivity index (χ2n) is 7.94. The molecule has 0 spiro atoms. The molecule has 1 aliphatic carbocycles. The van der Waals surface area contributed by atoms with E-state index in [0.717, 1.165) is 38.1 Å². The topological polar surface area (TPSA) is 30.5 Å². The molecule has 3 fully saturated rings. The van der Waals surface area contributed by atoms with Gasteiger partial charge in [0.2, 0.25) is 0 Å². The van der Waals surface area contributed by atoms with Crippen LogP contribution >= 0.6 is 0 Å². The van der Waals surface area contributed by atoms with Gasteiger partial charge in [-0.25, -0.2) is 0 Å². The highest BCUT2D eigenvalue weighted by molar-refractivity contribution is 5.01. The Kier molecular flexibility index (Phi) is 5.23. The number of rotatable bonds is 8. The number of nitrogens with one attached hydrogen (secondary N) is 1. The summed E-state index contributed by atoms with van der Waals surface area (Å²) in [5.41, 5.74) is 0.377. The minimum Gasteiger partial charge on any atom is -0.378 e. The first-order valence-electron chi connectivity index (χ1n) is 9.13. The first-order valence-corrected chi connectivity index (χ1v) is 9.13. The summed E-state index contributed by atoms with van der Waals surface area (Å²) in [4.78, 5) is 0. The zero-order chi connectivity index (χ0) is 14.7. The average molecular weight is 295 g/mol. The van der Waals surface area contributed by atoms with Gasteiger partial charge in [-0.3, -0.25) is 0 Å². The molecule has 3 unspecified atom stereocenters. The monoisotopic (exact) mass is 295 g/mol. The smallest absolute Gasteiger partial charge is 0.0672 e. The Balaban J connectivity index is 1.58. The van der Waals surface area contributed by atoms with Crippen molar-refractivity contribution in [1.82, 2.24) is 5.32 Å². The molecule has 0 aromatic carbocycles. The molecule has 0 amide bonds. The van der Waals surface area contributed by atoms with Gasteiger partial charge in [-0.1, -0.05) is 13.8 Å². The van der Waals surface area contributed by atoms with E-state index in [4.69, 9.17) is 9.47 Å². The number of hydrogen-bond donors (Lipinski definition) is 1. The van der Waals surface area contributed by atoms with Crippen LogP contribution in [0.15, 0.2) is 0 Å². The summed E-state index contributed by atoms with van der Waals surface area (Å²) in [6.45, 7) is 8.78. The molecule has 2 aliphatic heterocycles. The summed E-state index contributed by atoms with van der Waals surface area (Å²) in [5.74, 6) is 1.57. The average Bonchev–Trinajstić information content (AvgIpc) is 3.00. The van der Waals surface area contributed by atoms with Gasteiger partial charge in [0.15, 0.2) is 0 Å². The molecule has 0 aromatic rings. The van der Waals surface area contributed by atoms with Crippen LogP contribution in [0.25, 0.3) is 0 Å². The lowest BCUT2D eigenvalue weighted by Gasteiger charge is -2.36. The van der Waals surface area contributed by atoms with Crippen LogP contribution in [0.5, 0.6) is 0 Å². The largest absolute Gasteiger partial charge is 0.378 e.